The maximum absolute atomic E-state index is 11.0. The van der Waals surface area contributed by atoms with Gasteiger partial charge in [-0.1, -0.05) is 0 Å². The molecule has 1 aliphatic rings. The fourth-order valence-electron chi connectivity index (χ4n) is 1.49. The van der Waals surface area contributed by atoms with E-state index in [0.29, 0.717) is 52.9 Å². The van der Waals surface area contributed by atoms with E-state index in [4.69, 9.17) is 27.9 Å². The fraction of sp³-hybridized carbons (Fsp3) is 1.00. The van der Waals surface area contributed by atoms with Gasteiger partial charge >= 0.3 is 0 Å². The molecule has 0 aromatic heterocycles. The minimum absolute atomic E-state index is 0.0806. The summed E-state index contributed by atoms with van der Waals surface area (Å²) in [6, 6.07) is 0. The minimum Gasteiger partial charge on any atom is -0.377 e. The number of hydrogen-bond acceptors (Lipinski definition) is 8. The molecular weight excluding hydrogens is 304 g/mol. The zero-order chi connectivity index (χ0) is 15.4. The van der Waals surface area contributed by atoms with Crippen molar-refractivity contribution in [2.24, 2.45) is 0 Å². The van der Waals surface area contributed by atoms with E-state index in [9.17, 15) is 8.42 Å². The quantitative estimate of drug-likeness (QED) is 0.636. The van der Waals surface area contributed by atoms with Crippen LogP contribution in [-0.2, 0) is 38.0 Å². The van der Waals surface area contributed by atoms with Crippen molar-refractivity contribution in [2.45, 2.75) is 6.10 Å². The van der Waals surface area contributed by atoms with Crippen LogP contribution in [0.3, 0.4) is 0 Å². The van der Waals surface area contributed by atoms with E-state index in [-0.39, 0.29) is 13.2 Å². The number of hydrogen-bond donors (Lipinski definition) is 0. The van der Waals surface area contributed by atoms with Crippen molar-refractivity contribution in [3.8, 4) is 0 Å². The van der Waals surface area contributed by atoms with E-state index < -0.39 is 16.2 Å². The smallest absolute Gasteiger partial charge is 0.264 e. The van der Waals surface area contributed by atoms with Crippen LogP contribution >= 0.6 is 0 Å². The zero-order valence-electron chi connectivity index (χ0n) is 12.3. The number of rotatable bonds is 3. The normalized spacial score (nSPS) is 24.9. The van der Waals surface area contributed by atoms with Crippen LogP contribution in [-0.4, -0.2) is 86.8 Å². The average Bonchev–Trinajstić information content (AvgIpc) is 2.43. The maximum Gasteiger partial charge on any atom is 0.264 e. The Balaban J connectivity index is 2.32. The predicted molar refractivity (Wildman–Crippen MR) is 73.8 cm³/mol. The topological polar surface area (TPSA) is 89.5 Å². The lowest BCUT2D eigenvalue weighted by molar-refractivity contribution is -0.0597. The largest absolute Gasteiger partial charge is 0.377 e. The van der Waals surface area contributed by atoms with Crippen LogP contribution in [0.4, 0.5) is 0 Å². The van der Waals surface area contributed by atoms with Gasteiger partial charge in [-0.3, -0.25) is 4.18 Å². The Bertz CT molecular complexity index is 329. The molecule has 21 heavy (non-hydrogen) atoms. The third-order valence-corrected chi connectivity index (χ3v) is 3.03. The highest BCUT2D eigenvalue weighted by Gasteiger charge is 2.14. The van der Waals surface area contributed by atoms with E-state index in [0.717, 1.165) is 6.26 Å². The third-order valence-electron chi connectivity index (χ3n) is 2.47. The van der Waals surface area contributed by atoms with Crippen LogP contribution in [0.25, 0.3) is 0 Å². The summed E-state index contributed by atoms with van der Waals surface area (Å²) in [5.41, 5.74) is 0. The van der Waals surface area contributed by atoms with Gasteiger partial charge in [0.05, 0.1) is 72.3 Å². The monoisotopic (exact) mass is 328 g/mol. The van der Waals surface area contributed by atoms with Crippen LogP contribution in [0.1, 0.15) is 0 Å². The lowest BCUT2D eigenvalue weighted by Gasteiger charge is -2.17. The molecule has 0 aliphatic carbocycles. The SMILES string of the molecule is CS(=O)(=O)OCC1COCCOCCOCCOCCO1. The first-order valence-electron chi connectivity index (χ1n) is 6.85. The molecule has 1 unspecified atom stereocenters. The van der Waals surface area contributed by atoms with Gasteiger partial charge in [-0.15, -0.1) is 0 Å². The van der Waals surface area contributed by atoms with Crippen LogP contribution in [0.15, 0.2) is 0 Å². The van der Waals surface area contributed by atoms with Gasteiger partial charge in [0.2, 0.25) is 0 Å². The molecule has 1 fully saturated rings. The van der Waals surface area contributed by atoms with Crippen molar-refractivity contribution in [1.29, 1.82) is 0 Å². The average molecular weight is 328 g/mol. The molecule has 0 aromatic carbocycles. The molecule has 1 atom stereocenters. The molecule has 1 heterocycles. The van der Waals surface area contributed by atoms with Crippen molar-refractivity contribution in [3.63, 3.8) is 0 Å². The van der Waals surface area contributed by atoms with Crippen LogP contribution < -0.4 is 0 Å². The fourth-order valence-corrected chi connectivity index (χ4v) is 1.89. The highest BCUT2D eigenvalue weighted by molar-refractivity contribution is 7.85. The van der Waals surface area contributed by atoms with E-state index in [2.05, 4.69) is 0 Å². The summed E-state index contributed by atoms with van der Waals surface area (Å²) in [6.45, 7) is 3.72. The third kappa shape index (κ3) is 12.0. The van der Waals surface area contributed by atoms with Crippen LogP contribution in [0.5, 0.6) is 0 Å². The van der Waals surface area contributed by atoms with Gasteiger partial charge in [-0.2, -0.15) is 8.42 Å². The number of ether oxygens (including phenoxy) is 5. The van der Waals surface area contributed by atoms with E-state index >= 15 is 0 Å². The molecule has 0 saturated carbocycles. The van der Waals surface area contributed by atoms with Crippen LogP contribution in [0.2, 0.25) is 0 Å². The Kier molecular flexibility index (Phi) is 10.1. The van der Waals surface area contributed by atoms with Crippen molar-refractivity contribution in [2.75, 3.05) is 72.3 Å². The summed E-state index contributed by atoms with van der Waals surface area (Å²) in [5.74, 6) is 0. The van der Waals surface area contributed by atoms with E-state index in [1.807, 2.05) is 0 Å². The summed E-state index contributed by atoms with van der Waals surface area (Å²) in [7, 11) is -3.50. The molecule has 1 saturated heterocycles. The summed E-state index contributed by atoms with van der Waals surface area (Å²) in [5, 5.41) is 0. The summed E-state index contributed by atoms with van der Waals surface area (Å²) in [4.78, 5) is 0. The molecule has 9 heteroatoms. The molecule has 1 aliphatic heterocycles. The van der Waals surface area contributed by atoms with Gasteiger partial charge in [0.1, 0.15) is 6.10 Å². The molecule has 0 N–H and O–H groups in total. The molecule has 0 radical (unpaired) electrons. The molecular formula is C12H24O8S. The van der Waals surface area contributed by atoms with E-state index in [1.165, 1.54) is 0 Å². The Hall–Kier alpha value is -0.290. The van der Waals surface area contributed by atoms with Crippen LogP contribution in [0, 0.1) is 0 Å². The Morgan fingerprint density at radius 1 is 0.857 bits per heavy atom. The predicted octanol–water partition coefficient (Wildman–Crippen LogP) is -0.572. The second-order valence-electron chi connectivity index (χ2n) is 4.39. The van der Waals surface area contributed by atoms with Gasteiger partial charge in [0.25, 0.3) is 10.1 Å². The van der Waals surface area contributed by atoms with E-state index in [1.54, 1.807) is 0 Å². The molecule has 0 bridgehead atoms. The first-order valence-corrected chi connectivity index (χ1v) is 8.66. The lowest BCUT2D eigenvalue weighted by atomic mass is 10.4. The van der Waals surface area contributed by atoms with Gasteiger partial charge in [-0.25, -0.2) is 0 Å². The Morgan fingerprint density at radius 2 is 1.33 bits per heavy atom. The first kappa shape index (κ1) is 18.8. The molecule has 0 spiro atoms. The highest BCUT2D eigenvalue weighted by atomic mass is 32.2. The highest BCUT2D eigenvalue weighted by Crippen LogP contribution is 1.99. The Morgan fingerprint density at radius 3 is 1.86 bits per heavy atom. The second kappa shape index (κ2) is 11.3. The first-order chi connectivity index (χ1) is 10.1. The van der Waals surface area contributed by atoms with Gasteiger partial charge in [0.15, 0.2) is 0 Å². The molecule has 0 amide bonds. The summed E-state index contributed by atoms with van der Waals surface area (Å²) in [6.07, 6.45) is 0.530. The molecule has 1 rings (SSSR count). The van der Waals surface area contributed by atoms with Gasteiger partial charge in [-0.05, 0) is 0 Å². The van der Waals surface area contributed by atoms with Crippen molar-refractivity contribution in [3.05, 3.63) is 0 Å². The van der Waals surface area contributed by atoms with Gasteiger partial charge < -0.3 is 23.7 Å². The maximum atomic E-state index is 11.0. The molecule has 126 valence electrons. The van der Waals surface area contributed by atoms with Crippen molar-refractivity contribution >= 4 is 10.1 Å². The second-order valence-corrected chi connectivity index (χ2v) is 6.04. The molecule has 0 aromatic rings. The van der Waals surface area contributed by atoms with Gasteiger partial charge in [0, 0.05) is 0 Å². The standard InChI is InChI=1S/C12H24O8S/c1-21(13,14)20-11-12-10-18-7-6-16-3-2-15-4-5-17-8-9-19-12/h12H,2-11H2,1H3. The summed E-state index contributed by atoms with van der Waals surface area (Å²) >= 11 is 0. The van der Waals surface area contributed by atoms with Crippen molar-refractivity contribution < 1.29 is 36.3 Å². The Labute approximate surface area is 125 Å². The summed E-state index contributed by atoms with van der Waals surface area (Å²) < 4.78 is 53.5. The van der Waals surface area contributed by atoms with Crippen molar-refractivity contribution in [1.82, 2.24) is 0 Å². The molecule has 8 nitrogen and oxygen atoms in total. The lowest BCUT2D eigenvalue weighted by Crippen LogP contribution is -2.29. The zero-order valence-corrected chi connectivity index (χ0v) is 13.1. The minimum atomic E-state index is -3.50.